The molecule has 112 valence electrons. The summed E-state index contributed by atoms with van der Waals surface area (Å²) in [6.07, 6.45) is 1.45. The molecule has 1 saturated heterocycles. The molecule has 0 bridgehead atoms. The van der Waals surface area contributed by atoms with Crippen LogP contribution in [0.2, 0.25) is 0 Å². The quantitative estimate of drug-likeness (QED) is 0.707. The summed E-state index contributed by atoms with van der Waals surface area (Å²) >= 11 is 0. The number of nitrogens with zero attached hydrogens (tertiary/aromatic N) is 4. The van der Waals surface area contributed by atoms with E-state index in [1.807, 2.05) is 5.01 Å². The van der Waals surface area contributed by atoms with Gasteiger partial charge in [0, 0.05) is 26.2 Å². The number of rotatable bonds is 3. The van der Waals surface area contributed by atoms with E-state index in [0.29, 0.717) is 31.1 Å². The average molecular weight is 309 g/mol. The average Bonchev–Trinajstić information content (AvgIpc) is 2.95. The summed E-state index contributed by atoms with van der Waals surface area (Å²) in [6, 6.07) is 8.41. The molecule has 0 unspecified atom stereocenters. The third-order valence-corrected chi connectivity index (χ3v) is 5.25. The first-order valence-electron chi connectivity index (χ1n) is 6.48. The van der Waals surface area contributed by atoms with Crippen molar-refractivity contribution in [3.63, 3.8) is 0 Å². The van der Waals surface area contributed by atoms with Crippen molar-refractivity contribution in [3.8, 4) is 0 Å². The van der Waals surface area contributed by atoms with E-state index in [1.165, 1.54) is 15.3 Å². The molecule has 9 heteroatoms. The summed E-state index contributed by atoms with van der Waals surface area (Å²) in [4.78, 5) is 1.75. The highest BCUT2D eigenvalue weighted by atomic mass is 32.2. The second-order valence-corrected chi connectivity index (χ2v) is 6.60. The first-order valence-corrected chi connectivity index (χ1v) is 7.92. The Labute approximate surface area is 121 Å². The zero-order valence-corrected chi connectivity index (χ0v) is 12.0. The fourth-order valence-electron chi connectivity index (χ4n) is 2.24. The lowest BCUT2D eigenvalue weighted by atomic mass is 10.4. The Hall–Kier alpha value is -2.13. The molecule has 21 heavy (non-hydrogen) atoms. The van der Waals surface area contributed by atoms with E-state index in [-0.39, 0.29) is 5.55 Å². The van der Waals surface area contributed by atoms with Crippen LogP contribution in [0.15, 0.2) is 45.9 Å². The predicted molar refractivity (Wildman–Crippen MR) is 71.2 cm³/mol. The standard InChI is InChI=1S/C12H15N5O3S/c13-12-10-17(14-20-12)15-6-8-16(9-7-15)21(18,19)11-4-2-1-3-5-11/h1-5,10,13H,6-9H2. The molecule has 0 aliphatic carbocycles. The van der Waals surface area contributed by atoms with Gasteiger partial charge in [0.15, 0.2) is 0 Å². The molecule has 8 nitrogen and oxygen atoms in total. The lowest BCUT2D eigenvalue weighted by Gasteiger charge is -2.34. The SMILES string of the molecule is N=c1c[n+](N2CCN(S(=O)(=O)c3ccccc3)CC2)[n-]o1. The van der Waals surface area contributed by atoms with Crippen LogP contribution in [0.25, 0.3) is 0 Å². The van der Waals surface area contributed by atoms with Crippen molar-refractivity contribution in [2.24, 2.45) is 0 Å². The van der Waals surface area contributed by atoms with Crippen molar-refractivity contribution in [2.45, 2.75) is 4.90 Å². The highest BCUT2D eigenvalue weighted by Crippen LogP contribution is 2.16. The van der Waals surface area contributed by atoms with Gasteiger partial charge in [0.25, 0.3) is 11.8 Å². The minimum Gasteiger partial charge on any atom is -0.380 e. The van der Waals surface area contributed by atoms with Crippen molar-refractivity contribution in [1.29, 1.82) is 5.41 Å². The molecule has 0 spiro atoms. The van der Waals surface area contributed by atoms with Gasteiger partial charge in [-0.1, -0.05) is 23.0 Å². The van der Waals surface area contributed by atoms with Crippen LogP contribution in [-0.2, 0) is 10.0 Å². The van der Waals surface area contributed by atoms with E-state index in [9.17, 15) is 8.42 Å². The smallest absolute Gasteiger partial charge is 0.286 e. The van der Waals surface area contributed by atoms with E-state index in [0.717, 1.165) is 0 Å². The molecule has 1 aliphatic rings. The maximum absolute atomic E-state index is 12.5. The minimum absolute atomic E-state index is 0.0330. The second kappa shape index (κ2) is 5.34. The van der Waals surface area contributed by atoms with E-state index >= 15 is 0 Å². The Bertz CT molecular complexity index is 759. The third-order valence-electron chi connectivity index (χ3n) is 3.34. The lowest BCUT2D eigenvalue weighted by Crippen LogP contribution is -2.66. The molecule has 1 aliphatic heterocycles. The number of benzene rings is 1. The molecule has 2 heterocycles. The van der Waals surface area contributed by atoms with Crippen molar-refractivity contribution in [2.75, 3.05) is 31.2 Å². The van der Waals surface area contributed by atoms with Crippen LogP contribution in [-0.4, -0.2) is 38.9 Å². The van der Waals surface area contributed by atoms with Crippen LogP contribution >= 0.6 is 0 Å². The number of aromatic nitrogens is 2. The Balaban J connectivity index is 1.72. The Morgan fingerprint density at radius 2 is 1.81 bits per heavy atom. The van der Waals surface area contributed by atoms with Gasteiger partial charge in [0.05, 0.1) is 4.90 Å². The molecule has 1 aromatic heterocycles. The number of nitrogens with one attached hydrogen (secondary N) is 1. The van der Waals surface area contributed by atoms with Crippen LogP contribution < -0.4 is 20.6 Å². The molecular formula is C12H15N5O3S. The highest BCUT2D eigenvalue weighted by Gasteiger charge is 2.28. The highest BCUT2D eigenvalue weighted by molar-refractivity contribution is 7.89. The van der Waals surface area contributed by atoms with Crippen molar-refractivity contribution in [1.82, 2.24) is 9.58 Å². The van der Waals surface area contributed by atoms with Crippen molar-refractivity contribution < 1.29 is 17.7 Å². The zero-order chi connectivity index (χ0) is 14.9. The van der Waals surface area contributed by atoms with Gasteiger partial charge in [0.1, 0.15) is 0 Å². The lowest BCUT2D eigenvalue weighted by molar-refractivity contribution is -0.764. The molecule has 1 fully saturated rings. The van der Waals surface area contributed by atoms with E-state index in [4.69, 9.17) is 5.41 Å². The van der Waals surface area contributed by atoms with Crippen LogP contribution in [0, 0.1) is 5.41 Å². The molecule has 0 atom stereocenters. The molecule has 2 aromatic rings. The van der Waals surface area contributed by atoms with Crippen LogP contribution in [0.5, 0.6) is 0 Å². The number of piperazine rings is 1. The molecule has 1 N–H and O–H groups in total. The van der Waals surface area contributed by atoms with Crippen LogP contribution in [0.4, 0.5) is 0 Å². The van der Waals surface area contributed by atoms with E-state index in [2.05, 4.69) is 9.79 Å². The number of sulfonamides is 1. The Kier molecular flexibility index (Phi) is 3.52. The molecule has 3 rings (SSSR count). The number of hydrogen-bond acceptors (Lipinski definition) is 5. The minimum atomic E-state index is -3.45. The summed E-state index contributed by atoms with van der Waals surface area (Å²) in [5.41, 5.74) is -0.0330. The fraction of sp³-hybridized carbons (Fsp3) is 0.333. The van der Waals surface area contributed by atoms with Gasteiger partial charge in [-0.05, 0) is 17.4 Å². The van der Waals surface area contributed by atoms with Crippen molar-refractivity contribution in [3.05, 3.63) is 42.1 Å². The Morgan fingerprint density at radius 1 is 1.14 bits per heavy atom. The summed E-state index contributed by atoms with van der Waals surface area (Å²) in [5.74, 6) is 0. The van der Waals surface area contributed by atoms with E-state index < -0.39 is 10.0 Å². The predicted octanol–water partition coefficient (Wildman–Crippen LogP) is -1.35. The van der Waals surface area contributed by atoms with Gasteiger partial charge in [-0.25, -0.2) is 8.42 Å². The van der Waals surface area contributed by atoms with Gasteiger partial charge in [0.2, 0.25) is 10.0 Å². The summed E-state index contributed by atoms with van der Waals surface area (Å²) in [6.45, 7) is 1.71. The third kappa shape index (κ3) is 2.69. The monoisotopic (exact) mass is 309 g/mol. The summed E-state index contributed by atoms with van der Waals surface area (Å²) in [7, 11) is -3.45. The van der Waals surface area contributed by atoms with Gasteiger partial charge < -0.3 is 4.52 Å². The second-order valence-electron chi connectivity index (χ2n) is 4.66. The number of hydrogen-bond donors (Lipinski definition) is 1. The van der Waals surface area contributed by atoms with Crippen LogP contribution in [0.1, 0.15) is 0 Å². The van der Waals surface area contributed by atoms with E-state index in [1.54, 1.807) is 30.3 Å². The topological polar surface area (TPSA) is 95.6 Å². The van der Waals surface area contributed by atoms with Crippen molar-refractivity contribution >= 4 is 10.0 Å². The molecule has 1 aromatic carbocycles. The summed E-state index contributed by atoms with van der Waals surface area (Å²) < 4.78 is 31.1. The largest absolute Gasteiger partial charge is 0.380 e. The van der Waals surface area contributed by atoms with Gasteiger partial charge in [-0.15, -0.1) is 0 Å². The first kappa shape index (κ1) is 13.8. The maximum atomic E-state index is 12.5. The molecule has 0 amide bonds. The normalized spacial score (nSPS) is 17.0. The van der Waals surface area contributed by atoms with Gasteiger partial charge >= 0.3 is 0 Å². The summed E-state index contributed by atoms with van der Waals surface area (Å²) in [5, 5.41) is 12.8. The first-order chi connectivity index (χ1) is 10.1. The zero-order valence-electron chi connectivity index (χ0n) is 11.2. The fourth-order valence-corrected chi connectivity index (χ4v) is 3.68. The van der Waals surface area contributed by atoms with Crippen LogP contribution in [0.3, 0.4) is 0 Å². The Morgan fingerprint density at radius 3 is 2.38 bits per heavy atom. The van der Waals surface area contributed by atoms with Gasteiger partial charge in [-0.3, -0.25) is 10.4 Å². The molecular weight excluding hydrogens is 294 g/mol. The maximum Gasteiger partial charge on any atom is 0.286 e. The molecule has 0 saturated carbocycles. The molecule has 0 radical (unpaired) electrons. The van der Waals surface area contributed by atoms with Gasteiger partial charge in [-0.2, -0.15) is 4.31 Å².